The van der Waals surface area contributed by atoms with E-state index < -0.39 is 0 Å². The van der Waals surface area contributed by atoms with Gasteiger partial charge in [0.25, 0.3) is 5.56 Å². The minimum Gasteiger partial charge on any atom is -0.339 e. The molecule has 3 N–H and O–H groups in total. The monoisotopic (exact) mass is 276 g/mol. The summed E-state index contributed by atoms with van der Waals surface area (Å²) in [6.07, 6.45) is 0.977. The average Bonchev–Trinajstić information content (AvgIpc) is 2.41. The average molecular weight is 277 g/mol. The van der Waals surface area contributed by atoms with E-state index >= 15 is 0 Å². The van der Waals surface area contributed by atoms with Gasteiger partial charge in [-0.25, -0.2) is 4.98 Å². The lowest BCUT2D eigenvalue weighted by atomic mass is 10.2. The van der Waals surface area contributed by atoms with E-state index in [9.17, 15) is 4.79 Å². The van der Waals surface area contributed by atoms with Gasteiger partial charge in [0.1, 0.15) is 11.6 Å². The van der Waals surface area contributed by atoms with E-state index in [2.05, 4.69) is 15.3 Å². The highest BCUT2D eigenvalue weighted by Gasteiger charge is 2.10. The number of hydrogen-bond donors (Lipinski definition) is 3. The highest BCUT2D eigenvalue weighted by atomic mass is 35.5. The van der Waals surface area contributed by atoms with Crippen LogP contribution in [-0.4, -0.2) is 16.2 Å². The Morgan fingerprint density at radius 3 is 2.84 bits per heavy atom. The Bertz CT molecular complexity index is 666. The fraction of sp³-hybridized carbons (Fsp3) is 0.154. The largest absolute Gasteiger partial charge is 0.339 e. The van der Waals surface area contributed by atoms with Gasteiger partial charge in [-0.15, -0.1) is 11.6 Å². The highest BCUT2D eigenvalue weighted by Crippen LogP contribution is 2.19. The molecule has 0 radical (unpaired) electrons. The normalized spacial score (nSPS) is 10.2. The quantitative estimate of drug-likeness (QED) is 0.593. The summed E-state index contributed by atoms with van der Waals surface area (Å²) in [5.74, 6) is 0.813. The second-order valence-corrected chi connectivity index (χ2v) is 4.26. The molecule has 0 saturated carbocycles. The molecule has 0 aliphatic heterocycles. The number of anilines is 2. The van der Waals surface area contributed by atoms with Crippen molar-refractivity contribution in [3.8, 4) is 0 Å². The van der Waals surface area contributed by atoms with Crippen LogP contribution in [-0.2, 0) is 5.88 Å². The molecule has 0 amide bonds. The number of alkyl halides is 1. The first-order chi connectivity index (χ1) is 9.15. The number of H-pyrrole nitrogens is 1. The Labute approximate surface area is 115 Å². The van der Waals surface area contributed by atoms with Gasteiger partial charge >= 0.3 is 0 Å². The Morgan fingerprint density at radius 1 is 1.47 bits per heavy atom. The first kappa shape index (κ1) is 13.3. The zero-order valence-corrected chi connectivity index (χ0v) is 11.1. The molecular formula is C13H13ClN4O. The number of benzene rings is 1. The summed E-state index contributed by atoms with van der Waals surface area (Å²) in [6, 6.07) is 7.64. The fourth-order valence-electron chi connectivity index (χ4n) is 1.66. The van der Waals surface area contributed by atoms with Crippen LogP contribution in [0.25, 0.3) is 0 Å². The molecule has 0 aliphatic carbocycles. The lowest BCUT2D eigenvalue weighted by molar-refractivity contribution is 0.998. The maximum atomic E-state index is 11.8. The third-order valence-electron chi connectivity index (χ3n) is 2.67. The van der Waals surface area contributed by atoms with E-state index in [1.54, 1.807) is 0 Å². The number of aromatic amines is 1. The van der Waals surface area contributed by atoms with Crippen LogP contribution in [0.1, 0.15) is 17.0 Å². The number of halogens is 1. The maximum Gasteiger partial charge on any atom is 0.261 e. The molecule has 0 saturated heterocycles. The fourth-order valence-corrected chi connectivity index (χ4v) is 1.79. The van der Waals surface area contributed by atoms with Crippen LogP contribution < -0.4 is 10.9 Å². The van der Waals surface area contributed by atoms with Crippen LogP contribution in [0.2, 0.25) is 0 Å². The topological polar surface area (TPSA) is 81.6 Å². The standard InChI is InChI=1S/C13H13ClN4O/c1-8-4-2-3-5-10(8)16-12-9(7-15)13(19)18-11(6-14)17-12/h2-5,7,15H,6H2,1H3,(H2,16,17,18,19). The van der Waals surface area contributed by atoms with E-state index in [4.69, 9.17) is 17.0 Å². The number of nitrogens with one attached hydrogen (secondary N) is 3. The van der Waals surface area contributed by atoms with E-state index in [1.165, 1.54) is 0 Å². The number of hydrogen-bond acceptors (Lipinski definition) is 4. The maximum absolute atomic E-state index is 11.8. The number of rotatable bonds is 4. The molecule has 1 heterocycles. The van der Waals surface area contributed by atoms with Gasteiger partial charge in [-0.05, 0) is 18.6 Å². The molecule has 0 unspecified atom stereocenters. The number of aryl methyl sites for hydroxylation is 1. The van der Waals surface area contributed by atoms with Crippen molar-refractivity contribution in [2.45, 2.75) is 12.8 Å². The van der Waals surface area contributed by atoms with Gasteiger partial charge in [0.15, 0.2) is 0 Å². The van der Waals surface area contributed by atoms with Crippen molar-refractivity contribution in [3.05, 3.63) is 51.6 Å². The van der Waals surface area contributed by atoms with E-state index in [1.807, 2.05) is 31.2 Å². The third-order valence-corrected chi connectivity index (χ3v) is 2.93. The van der Waals surface area contributed by atoms with Crippen LogP contribution in [0.15, 0.2) is 29.1 Å². The molecule has 2 rings (SSSR count). The molecule has 0 aliphatic rings. The highest BCUT2D eigenvalue weighted by molar-refractivity contribution is 6.16. The molecule has 0 spiro atoms. The summed E-state index contributed by atoms with van der Waals surface area (Å²) in [4.78, 5) is 18.5. The molecule has 0 fully saturated rings. The van der Waals surface area contributed by atoms with Gasteiger partial charge < -0.3 is 15.7 Å². The van der Waals surface area contributed by atoms with Gasteiger partial charge in [0.05, 0.1) is 11.4 Å². The molecular weight excluding hydrogens is 264 g/mol. The minimum absolute atomic E-state index is 0.107. The van der Waals surface area contributed by atoms with E-state index in [0.717, 1.165) is 17.5 Å². The van der Waals surface area contributed by atoms with Crippen molar-refractivity contribution in [3.63, 3.8) is 0 Å². The summed E-state index contributed by atoms with van der Waals surface area (Å²) in [5.41, 5.74) is 1.66. The van der Waals surface area contributed by atoms with Gasteiger partial charge in [-0.2, -0.15) is 0 Å². The van der Waals surface area contributed by atoms with Gasteiger partial charge in [-0.1, -0.05) is 18.2 Å². The summed E-state index contributed by atoms with van der Waals surface area (Å²) < 4.78 is 0. The summed E-state index contributed by atoms with van der Waals surface area (Å²) >= 11 is 5.68. The summed E-state index contributed by atoms with van der Waals surface area (Å²) in [7, 11) is 0. The first-order valence-corrected chi connectivity index (χ1v) is 6.21. The third kappa shape index (κ3) is 2.82. The molecule has 0 atom stereocenters. The molecule has 1 aromatic heterocycles. The van der Waals surface area contributed by atoms with Crippen molar-refractivity contribution in [1.29, 1.82) is 5.41 Å². The predicted molar refractivity (Wildman–Crippen MR) is 76.8 cm³/mol. The van der Waals surface area contributed by atoms with Crippen molar-refractivity contribution in [1.82, 2.24) is 9.97 Å². The minimum atomic E-state index is -0.378. The van der Waals surface area contributed by atoms with Gasteiger partial charge in [0, 0.05) is 11.9 Å². The second kappa shape index (κ2) is 5.67. The molecule has 19 heavy (non-hydrogen) atoms. The van der Waals surface area contributed by atoms with Gasteiger partial charge in [-0.3, -0.25) is 4.79 Å². The van der Waals surface area contributed by atoms with Crippen LogP contribution in [0, 0.1) is 12.3 Å². The molecule has 0 bridgehead atoms. The second-order valence-electron chi connectivity index (χ2n) is 3.99. The summed E-state index contributed by atoms with van der Waals surface area (Å²) in [5, 5.41) is 10.4. The Morgan fingerprint density at radius 2 is 2.21 bits per heavy atom. The lowest BCUT2D eigenvalue weighted by Crippen LogP contribution is -2.18. The smallest absolute Gasteiger partial charge is 0.261 e. The summed E-state index contributed by atoms with van der Waals surface area (Å²) in [6.45, 7) is 1.95. The van der Waals surface area contributed by atoms with Crippen molar-refractivity contribution in [2.24, 2.45) is 0 Å². The Hall–Kier alpha value is -2.14. The molecule has 1 aromatic carbocycles. The molecule has 5 nitrogen and oxygen atoms in total. The predicted octanol–water partition coefficient (Wildman–Crippen LogP) is 2.56. The van der Waals surface area contributed by atoms with E-state index in [-0.39, 0.29) is 17.0 Å². The zero-order valence-electron chi connectivity index (χ0n) is 10.3. The number of para-hydroxylation sites is 1. The van der Waals surface area contributed by atoms with Crippen LogP contribution in [0.4, 0.5) is 11.5 Å². The van der Waals surface area contributed by atoms with Crippen LogP contribution in [0.3, 0.4) is 0 Å². The Balaban J connectivity index is 2.50. The molecule has 2 aromatic rings. The molecule has 6 heteroatoms. The first-order valence-electron chi connectivity index (χ1n) is 5.68. The number of nitrogens with zero attached hydrogens (tertiary/aromatic N) is 1. The zero-order chi connectivity index (χ0) is 13.8. The Kier molecular flexibility index (Phi) is 3.97. The van der Waals surface area contributed by atoms with Crippen LogP contribution >= 0.6 is 11.6 Å². The van der Waals surface area contributed by atoms with Gasteiger partial charge in [0.2, 0.25) is 0 Å². The van der Waals surface area contributed by atoms with Crippen LogP contribution in [0.5, 0.6) is 0 Å². The van der Waals surface area contributed by atoms with Crippen molar-refractivity contribution in [2.75, 3.05) is 5.32 Å². The lowest BCUT2D eigenvalue weighted by Gasteiger charge is -2.11. The number of aromatic nitrogens is 2. The van der Waals surface area contributed by atoms with Crippen molar-refractivity contribution < 1.29 is 0 Å². The SMILES string of the molecule is Cc1ccccc1Nc1nc(CCl)[nH]c(=O)c1C=N. The van der Waals surface area contributed by atoms with E-state index in [0.29, 0.717) is 11.6 Å². The molecule has 98 valence electrons. The van der Waals surface area contributed by atoms with Crippen molar-refractivity contribution >= 4 is 29.3 Å².